The minimum atomic E-state index is 0.534. The number of benzene rings is 1. The first-order valence-electron chi connectivity index (χ1n) is 13.0. The van der Waals surface area contributed by atoms with E-state index in [1.807, 2.05) is 25.5 Å². The first-order valence-corrected chi connectivity index (χ1v) is 13.8. The number of nitrogens with zero attached hydrogens (tertiary/aromatic N) is 3. The summed E-state index contributed by atoms with van der Waals surface area (Å²) in [6.45, 7) is 14.7. The molecule has 0 saturated heterocycles. The van der Waals surface area contributed by atoms with Crippen LogP contribution in [0.5, 0.6) is 0 Å². The number of hydrogen-bond acceptors (Lipinski definition) is 5. The summed E-state index contributed by atoms with van der Waals surface area (Å²) < 4.78 is 0. The van der Waals surface area contributed by atoms with Gasteiger partial charge in [0, 0.05) is 60.8 Å². The minimum Gasteiger partial charge on any atom is -0.358 e. The van der Waals surface area contributed by atoms with Crippen molar-refractivity contribution >= 4 is 44.5 Å². The molecule has 0 fully saturated rings. The van der Waals surface area contributed by atoms with Crippen molar-refractivity contribution in [3.05, 3.63) is 90.9 Å². The van der Waals surface area contributed by atoms with Gasteiger partial charge in [0.15, 0.2) is 5.65 Å². The Morgan fingerprint density at radius 1 is 1.00 bits per heavy atom. The molecule has 5 heterocycles. The van der Waals surface area contributed by atoms with E-state index in [0.717, 1.165) is 56.8 Å². The fraction of sp³-hybridized carbons (Fsp3) is 0.156. The average Bonchev–Trinajstić information content (AvgIpc) is 3.65. The number of aromatic nitrogens is 5. The van der Waals surface area contributed by atoms with E-state index in [-0.39, 0.29) is 0 Å². The van der Waals surface area contributed by atoms with Crippen molar-refractivity contribution in [3.8, 4) is 33.0 Å². The Kier molecular flexibility index (Phi) is 6.37. The van der Waals surface area contributed by atoms with E-state index < -0.39 is 0 Å². The topological polar surface area (TPSA) is 82.3 Å². The normalized spacial score (nSPS) is 11.5. The van der Waals surface area contributed by atoms with Crippen LogP contribution in [0.2, 0.25) is 0 Å². The molecule has 0 spiro atoms. The molecule has 7 heteroatoms. The van der Waals surface area contributed by atoms with Crippen molar-refractivity contribution in [1.29, 1.82) is 0 Å². The minimum absolute atomic E-state index is 0.534. The van der Waals surface area contributed by atoms with Crippen molar-refractivity contribution in [1.82, 2.24) is 25.1 Å². The molecule has 0 aliphatic heterocycles. The first-order chi connectivity index (χ1) is 18.9. The number of nitrogens with one attached hydrogen (secondary N) is 3. The lowest BCUT2D eigenvalue weighted by molar-refractivity contribution is 0.645. The predicted molar refractivity (Wildman–Crippen MR) is 165 cm³/mol. The monoisotopic (exact) mass is 530 g/mol. The van der Waals surface area contributed by atoms with Crippen LogP contribution in [0.4, 0.5) is 5.69 Å². The molecular weight excluding hydrogens is 500 g/mol. The summed E-state index contributed by atoms with van der Waals surface area (Å²) in [5.41, 5.74) is 9.73. The third-order valence-corrected chi connectivity index (χ3v) is 7.96. The second-order valence-corrected chi connectivity index (χ2v) is 11.5. The summed E-state index contributed by atoms with van der Waals surface area (Å²) >= 11 is 1.77. The third kappa shape index (κ3) is 4.89. The molecular formula is C32H30N6S. The zero-order valence-electron chi connectivity index (χ0n) is 22.3. The Bertz CT molecular complexity index is 1850. The summed E-state index contributed by atoms with van der Waals surface area (Å²) in [4.78, 5) is 15.1. The van der Waals surface area contributed by atoms with E-state index in [4.69, 9.17) is 0 Å². The molecule has 0 amide bonds. The molecule has 0 radical (unpaired) electrons. The van der Waals surface area contributed by atoms with Gasteiger partial charge in [-0.2, -0.15) is 5.10 Å². The molecule has 0 unspecified atom stereocenters. The van der Waals surface area contributed by atoms with Crippen molar-refractivity contribution < 1.29 is 0 Å². The standard InChI is InChI=1S/C32H30N6S/c1-18(2)11-20(5)35-23-12-21(15-33-17-23)22-13-26-31(37-38-32(26)34-16-22)28-14-25-24(7-6-8-27(25)36-28)30-10-9-29(39-30)19(3)4/h6-10,12-18,35-36H,3,5,11H2,1-2,4H3,(H,34,37,38). The van der Waals surface area contributed by atoms with Gasteiger partial charge in [0.05, 0.1) is 23.3 Å². The third-order valence-electron chi connectivity index (χ3n) is 6.68. The predicted octanol–water partition coefficient (Wildman–Crippen LogP) is 8.90. The molecule has 6 rings (SSSR count). The quantitative estimate of drug-likeness (QED) is 0.183. The van der Waals surface area contributed by atoms with Gasteiger partial charge in [0.1, 0.15) is 0 Å². The van der Waals surface area contributed by atoms with Gasteiger partial charge in [0.2, 0.25) is 0 Å². The molecule has 39 heavy (non-hydrogen) atoms. The van der Waals surface area contributed by atoms with Gasteiger partial charge in [-0.3, -0.25) is 10.1 Å². The molecule has 3 N–H and O–H groups in total. The second-order valence-electron chi connectivity index (χ2n) is 10.4. The van der Waals surface area contributed by atoms with Gasteiger partial charge in [-0.05, 0) is 61.2 Å². The average molecular weight is 531 g/mol. The molecule has 0 saturated carbocycles. The maximum Gasteiger partial charge on any atom is 0.181 e. The van der Waals surface area contributed by atoms with Crippen LogP contribution in [0.25, 0.3) is 60.5 Å². The van der Waals surface area contributed by atoms with Gasteiger partial charge in [-0.1, -0.05) is 39.1 Å². The van der Waals surface area contributed by atoms with Crippen LogP contribution in [0.3, 0.4) is 0 Å². The van der Waals surface area contributed by atoms with Crippen molar-refractivity contribution in [2.24, 2.45) is 5.92 Å². The molecule has 194 valence electrons. The maximum atomic E-state index is 4.64. The molecule has 0 atom stereocenters. The van der Waals surface area contributed by atoms with E-state index in [1.165, 1.54) is 20.7 Å². The number of rotatable bonds is 8. The summed E-state index contributed by atoms with van der Waals surface area (Å²) in [6.07, 6.45) is 6.42. The van der Waals surface area contributed by atoms with E-state index in [0.29, 0.717) is 11.6 Å². The molecule has 0 aliphatic rings. The van der Waals surface area contributed by atoms with Gasteiger partial charge >= 0.3 is 0 Å². The van der Waals surface area contributed by atoms with Gasteiger partial charge in [-0.25, -0.2) is 4.98 Å². The van der Waals surface area contributed by atoms with Crippen LogP contribution >= 0.6 is 11.3 Å². The second kappa shape index (κ2) is 10.0. The Morgan fingerprint density at radius 3 is 2.64 bits per heavy atom. The van der Waals surface area contributed by atoms with Crippen LogP contribution in [0.15, 0.2) is 86.0 Å². The number of pyridine rings is 2. The Hall–Kier alpha value is -4.49. The van der Waals surface area contributed by atoms with E-state index in [1.54, 1.807) is 11.3 Å². The van der Waals surface area contributed by atoms with Crippen LogP contribution < -0.4 is 5.32 Å². The Labute approximate surface area is 231 Å². The zero-order valence-corrected chi connectivity index (χ0v) is 23.1. The summed E-state index contributed by atoms with van der Waals surface area (Å²) in [5.74, 6) is 0.534. The summed E-state index contributed by atoms with van der Waals surface area (Å²) in [5, 5.41) is 13.2. The van der Waals surface area contributed by atoms with Crippen molar-refractivity contribution in [2.45, 2.75) is 27.2 Å². The molecule has 6 aromatic rings. The maximum absolute atomic E-state index is 4.64. The number of aromatic amines is 2. The highest BCUT2D eigenvalue weighted by atomic mass is 32.1. The molecule has 0 aliphatic carbocycles. The smallest absolute Gasteiger partial charge is 0.181 e. The first kappa shape index (κ1) is 24.8. The summed E-state index contributed by atoms with van der Waals surface area (Å²) in [6, 6.07) is 17.1. The van der Waals surface area contributed by atoms with Crippen LogP contribution in [-0.4, -0.2) is 25.1 Å². The number of fused-ring (bicyclic) bond motifs is 2. The lowest BCUT2D eigenvalue weighted by Crippen LogP contribution is -2.02. The van der Waals surface area contributed by atoms with E-state index in [2.05, 4.69) is 106 Å². The highest BCUT2D eigenvalue weighted by molar-refractivity contribution is 7.16. The highest BCUT2D eigenvalue weighted by Crippen LogP contribution is 2.38. The van der Waals surface area contributed by atoms with Crippen LogP contribution in [0.1, 0.15) is 32.1 Å². The summed E-state index contributed by atoms with van der Waals surface area (Å²) in [7, 11) is 0. The van der Waals surface area contributed by atoms with Crippen molar-refractivity contribution in [2.75, 3.05) is 5.32 Å². The fourth-order valence-electron chi connectivity index (χ4n) is 4.89. The number of allylic oxidation sites excluding steroid dienone is 2. The van der Waals surface area contributed by atoms with Gasteiger partial charge in [-0.15, -0.1) is 11.3 Å². The fourth-order valence-corrected chi connectivity index (χ4v) is 5.87. The van der Waals surface area contributed by atoms with Crippen LogP contribution in [0, 0.1) is 5.92 Å². The number of hydrogen-bond donors (Lipinski definition) is 3. The van der Waals surface area contributed by atoms with E-state index >= 15 is 0 Å². The van der Waals surface area contributed by atoms with E-state index in [9.17, 15) is 0 Å². The van der Waals surface area contributed by atoms with Crippen LogP contribution in [-0.2, 0) is 0 Å². The van der Waals surface area contributed by atoms with Crippen molar-refractivity contribution in [3.63, 3.8) is 0 Å². The van der Waals surface area contributed by atoms with Gasteiger partial charge in [0.25, 0.3) is 0 Å². The van der Waals surface area contributed by atoms with Gasteiger partial charge < -0.3 is 10.3 Å². The largest absolute Gasteiger partial charge is 0.358 e. The number of H-pyrrole nitrogens is 2. The number of thiophene rings is 1. The molecule has 6 nitrogen and oxygen atoms in total. The SMILES string of the molecule is C=C(CC(C)C)Nc1cncc(-c2cnc3n[nH]c(-c4cc5c(-c6ccc(C(=C)C)s6)cccc5[nH]4)c3c2)c1. The molecule has 1 aromatic carbocycles. The lowest BCUT2D eigenvalue weighted by Gasteiger charge is -2.12. The molecule has 5 aromatic heterocycles. The zero-order chi connectivity index (χ0) is 27.1. The lowest BCUT2D eigenvalue weighted by atomic mass is 10.1. The molecule has 0 bridgehead atoms. The Balaban J connectivity index is 1.37. The number of anilines is 1. The highest BCUT2D eigenvalue weighted by Gasteiger charge is 2.16. The Morgan fingerprint density at radius 2 is 1.85 bits per heavy atom.